The van der Waals surface area contributed by atoms with E-state index in [4.69, 9.17) is 10.5 Å². The summed E-state index contributed by atoms with van der Waals surface area (Å²) in [7, 11) is 1.62. The SMILES string of the molecule is CC[C@H](N)C(=O)N[C@@H]1C(=O)N2[C@@H](CC[C@@H]1CCNC(=O)NCc1ccccc1)CC[C@H]2C(=O)NCCc1ccc(OC)cc1. The number of hydrogen-bond donors (Lipinski definition) is 5. The third-order valence-electron chi connectivity index (χ3n) is 8.71. The van der Waals surface area contributed by atoms with Crippen LogP contribution in [0, 0.1) is 5.92 Å². The number of ether oxygens (including phenoxy) is 1. The van der Waals surface area contributed by atoms with Gasteiger partial charge in [0.2, 0.25) is 17.7 Å². The van der Waals surface area contributed by atoms with Gasteiger partial charge in [0, 0.05) is 25.7 Å². The van der Waals surface area contributed by atoms with Gasteiger partial charge in [-0.3, -0.25) is 14.4 Å². The lowest BCUT2D eigenvalue weighted by Gasteiger charge is -2.32. The summed E-state index contributed by atoms with van der Waals surface area (Å²) < 4.78 is 5.20. The molecule has 0 unspecified atom stereocenters. The molecule has 44 heavy (non-hydrogen) atoms. The van der Waals surface area contributed by atoms with Crippen LogP contribution in [-0.4, -0.2) is 73.0 Å². The van der Waals surface area contributed by atoms with Crippen LogP contribution >= 0.6 is 0 Å². The standard InChI is InChI=1S/C33H46N6O5/c1-3-27(34)30(40)38-29-24(18-20-36-33(43)37-21-23-7-5-4-6-8-23)11-12-25-13-16-28(39(25)32(29)42)31(41)35-19-17-22-9-14-26(44-2)15-10-22/h4-10,14-15,24-25,27-29H,3,11-13,16-21,34H2,1-2H3,(H,35,41)(H,38,40)(H2,36,37,43)/t24-,25+,27+,28+,29+/m1/s1. The molecule has 2 aliphatic rings. The van der Waals surface area contributed by atoms with Gasteiger partial charge in [-0.25, -0.2) is 4.79 Å². The number of hydrogen-bond acceptors (Lipinski definition) is 6. The lowest BCUT2D eigenvalue weighted by Crippen LogP contribution is -2.58. The van der Waals surface area contributed by atoms with Crippen molar-refractivity contribution in [3.63, 3.8) is 0 Å². The maximum absolute atomic E-state index is 14.1. The van der Waals surface area contributed by atoms with Crippen molar-refractivity contribution < 1.29 is 23.9 Å². The molecule has 2 fully saturated rings. The van der Waals surface area contributed by atoms with Crippen molar-refractivity contribution >= 4 is 23.8 Å². The van der Waals surface area contributed by atoms with E-state index in [1.54, 1.807) is 12.0 Å². The van der Waals surface area contributed by atoms with Gasteiger partial charge in [0.05, 0.1) is 13.2 Å². The number of urea groups is 1. The van der Waals surface area contributed by atoms with E-state index in [1.165, 1.54) is 0 Å². The Labute approximate surface area is 259 Å². The third kappa shape index (κ3) is 8.72. The molecule has 2 heterocycles. The van der Waals surface area contributed by atoms with Crippen LogP contribution in [0.1, 0.15) is 56.6 Å². The van der Waals surface area contributed by atoms with E-state index < -0.39 is 18.1 Å². The predicted octanol–water partition coefficient (Wildman–Crippen LogP) is 2.24. The Morgan fingerprint density at radius 3 is 2.36 bits per heavy atom. The van der Waals surface area contributed by atoms with Gasteiger partial charge in [-0.05, 0) is 74.1 Å². The van der Waals surface area contributed by atoms with Crippen molar-refractivity contribution in [1.82, 2.24) is 26.2 Å². The topological polar surface area (TPSA) is 155 Å². The number of nitrogens with one attached hydrogen (secondary N) is 4. The van der Waals surface area contributed by atoms with Crippen LogP contribution in [0.5, 0.6) is 5.75 Å². The minimum absolute atomic E-state index is 0.0776. The maximum Gasteiger partial charge on any atom is 0.315 e. The van der Waals surface area contributed by atoms with E-state index in [1.807, 2.05) is 61.5 Å². The molecule has 2 aromatic rings. The van der Waals surface area contributed by atoms with Crippen molar-refractivity contribution in [1.29, 1.82) is 0 Å². The average molecular weight is 607 g/mol. The van der Waals surface area contributed by atoms with Crippen LogP contribution < -0.4 is 31.7 Å². The van der Waals surface area contributed by atoms with Gasteiger partial charge in [0.25, 0.3) is 0 Å². The van der Waals surface area contributed by atoms with Crippen molar-refractivity contribution in [3.8, 4) is 5.75 Å². The Balaban J connectivity index is 1.37. The predicted molar refractivity (Wildman–Crippen MR) is 168 cm³/mol. The number of rotatable bonds is 13. The summed E-state index contributed by atoms with van der Waals surface area (Å²) in [5.41, 5.74) is 8.08. The van der Waals surface area contributed by atoms with Gasteiger partial charge in [0.15, 0.2) is 0 Å². The molecule has 2 saturated heterocycles. The van der Waals surface area contributed by atoms with E-state index in [-0.39, 0.29) is 35.7 Å². The van der Waals surface area contributed by atoms with E-state index in [2.05, 4.69) is 21.3 Å². The highest BCUT2D eigenvalue weighted by molar-refractivity contribution is 5.94. The summed E-state index contributed by atoms with van der Waals surface area (Å²) in [6.07, 6.45) is 4.29. The lowest BCUT2D eigenvalue weighted by atomic mass is 9.90. The number of amides is 5. The van der Waals surface area contributed by atoms with Gasteiger partial charge < -0.3 is 36.6 Å². The largest absolute Gasteiger partial charge is 0.497 e. The molecule has 238 valence electrons. The smallest absolute Gasteiger partial charge is 0.315 e. The van der Waals surface area contributed by atoms with Crippen LogP contribution in [0.2, 0.25) is 0 Å². The Bertz CT molecular complexity index is 1260. The summed E-state index contributed by atoms with van der Waals surface area (Å²) in [6.45, 7) is 3.00. The second-order valence-electron chi connectivity index (χ2n) is 11.6. The number of methoxy groups -OCH3 is 1. The molecule has 0 aliphatic carbocycles. The lowest BCUT2D eigenvalue weighted by molar-refractivity contribution is -0.143. The number of benzene rings is 2. The average Bonchev–Trinajstić information content (AvgIpc) is 3.43. The highest BCUT2D eigenvalue weighted by atomic mass is 16.5. The van der Waals surface area contributed by atoms with Crippen LogP contribution in [-0.2, 0) is 27.3 Å². The van der Waals surface area contributed by atoms with Crippen molar-refractivity contribution in [2.45, 2.75) is 82.6 Å². The first-order valence-electron chi connectivity index (χ1n) is 15.6. The minimum Gasteiger partial charge on any atom is -0.497 e. The molecule has 0 bridgehead atoms. The first-order valence-corrected chi connectivity index (χ1v) is 15.6. The second-order valence-corrected chi connectivity index (χ2v) is 11.6. The zero-order valence-electron chi connectivity index (χ0n) is 25.7. The molecule has 11 nitrogen and oxygen atoms in total. The molecule has 0 radical (unpaired) electrons. The third-order valence-corrected chi connectivity index (χ3v) is 8.71. The van der Waals surface area contributed by atoms with Crippen molar-refractivity contribution in [2.75, 3.05) is 20.2 Å². The summed E-state index contributed by atoms with van der Waals surface area (Å²) in [5, 5.41) is 11.7. The van der Waals surface area contributed by atoms with Gasteiger partial charge in [-0.15, -0.1) is 0 Å². The zero-order chi connectivity index (χ0) is 31.5. The number of fused-ring (bicyclic) bond motifs is 1. The van der Waals surface area contributed by atoms with Gasteiger partial charge in [0.1, 0.15) is 17.8 Å². The Morgan fingerprint density at radius 2 is 1.66 bits per heavy atom. The van der Waals surface area contributed by atoms with Crippen LogP contribution in [0.25, 0.3) is 0 Å². The van der Waals surface area contributed by atoms with Crippen molar-refractivity contribution in [3.05, 3.63) is 65.7 Å². The summed E-state index contributed by atoms with van der Waals surface area (Å²) in [4.78, 5) is 54.5. The van der Waals surface area contributed by atoms with Gasteiger partial charge in [-0.1, -0.05) is 49.4 Å². The fraction of sp³-hybridized carbons (Fsp3) is 0.515. The van der Waals surface area contributed by atoms with Crippen molar-refractivity contribution in [2.24, 2.45) is 11.7 Å². The molecule has 2 aromatic carbocycles. The molecular formula is C33H46N6O5. The Morgan fingerprint density at radius 1 is 0.932 bits per heavy atom. The van der Waals surface area contributed by atoms with Gasteiger partial charge >= 0.3 is 6.03 Å². The maximum atomic E-state index is 14.1. The second kappa shape index (κ2) is 16.1. The molecule has 6 N–H and O–H groups in total. The number of nitrogens with two attached hydrogens (primary N) is 1. The monoisotopic (exact) mass is 606 g/mol. The molecule has 0 aromatic heterocycles. The molecule has 11 heteroatoms. The molecule has 2 aliphatic heterocycles. The quantitative estimate of drug-likeness (QED) is 0.236. The summed E-state index contributed by atoms with van der Waals surface area (Å²) in [5.74, 6) is -0.260. The van der Waals surface area contributed by atoms with Crippen LogP contribution in [0.3, 0.4) is 0 Å². The molecule has 0 spiro atoms. The summed E-state index contributed by atoms with van der Waals surface area (Å²) in [6, 6.07) is 14.8. The van der Waals surface area contributed by atoms with E-state index in [9.17, 15) is 19.2 Å². The molecule has 0 saturated carbocycles. The number of nitrogens with zero attached hydrogens (tertiary/aromatic N) is 1. The molecule has 5 atom stereocenters. The molecule has 4 rings (SSSR count). The first kappa shape index (κ1) is 32.8. The first-order chi connectivity index (χ1) is 21.3. The van der Waals surface area contributed by atoms with E-state index in [0.29, 0.717) is 51.7 Å². The fourth-order valence-corrected chi connectivity index (χ4v) is 6.08. The van der Waals surface area contributed by atoms with Crippen LogP contribution in [0.4, 0.5) is 4.79 Å². The Kier molecular flexibility index (Phi) is 12.0. The Hall–Kier alpha value is -4.12. The summed E-state index contributed by atoms with van der Waals surface area (Å²) >= 11 is 0. The molecule has 5 amide bonds. The number of carbonyl (C=O) groups excluding carboxylic acids is 4. The van der Waals surface area contributed by atoms with Gasteiger partial charge in [-0.2, -0.15) is 0 Å². The fourth-order valence-electron chi connectivity index (χ4n) is 6.08. The highest BCUT2D eigenvalue weighted by Crippen LogP contribution is 2.35. The van der Waals surface area contributed by atoms with E-state index >= 15 is 0 Å². The van der Waals surface area contributed by atoms with Crippen LogP contribution in [0.15, 0.2) is 54.6 Å². The van der Waals surface area contributed by atoms with E-state index in [0.717, 1.165) is 29.7 Å². The normalized spacial score (nSPS) is 21.9. The zero-order valence-corrected chi connectivity index (χ0v) is 25.7. The minimum atomic E-state index is -0.827. The number of carbonyl (C=O) groups is 4. The molecular weight excluding hydrogens is 560 g/mol. The highest BCUT2D eigenvalue weighted by Gasteiger charge is 2.47.